The standard InChI is InChI=1S/C23H21N3O4S/c1-2-15-30-21-8-6-7-18(16-21)17-24-25-23(27)19-11-13-20(14-12-19)26-31(28,29)22-9-4-3-5-10-22/h2-14,16-17,26H,1,15H2,(H,25,27)/b24-17-. The first-order valence-corrected chi connectivity index (χ1v) is 10.8. The van der Waals surface area contributed by atoms with E-state index in [1.165, 1.54) is 42.6 Å². The zero-order chi connectivity index (χ0) is 22.1. The van der Waals surface area contributed by atoms with Crippen molar-refractivity contribution in [2.75, 3.05) is 11.3 Å². The van der Waals surface area contributed by atoms with Crippen LogP contribution in [0.3, 0.4) is 0 Å². The molecule has 0 aromatic heterocycles. The number of carbonyl (C=O) groups excluding carboxylic acids is 1. The molecule has 0 saturated carbocycles. The SMILES string of the molecule is C=CCOc1cccc(/C=N\NC(=O)c2ccc(NS(=O)(=O)c3ccccc3)cc2)c1. The Kier molecular flexibility index (Phi) is 7.18. The summed E-state index contributed by atoms with van der Waals surface area (Å²) in [5.74, 6) is 0.247. The number of anilines is 1. The lowest BCUT2D eigenvalue weighted by molar-refractivity contribution is 0.0955. The van der Waals surface area contributed by atoms with Crippen molar-refractivity contribution in [3.8, 4) is 5.75 Å². The fourth-order valence-corrected chi connectivity index (χ4v) is 3.65. The van der Waals surface area contributed by atoms with Crippen LogP contribution in [0.2, 0.25) is 0 Å². The van der Waals surface area contributed by atoms with Crippen LogP contribution < -0.4 is 14.9 Å². The van der Waals surface area contributed by atoms with Crippen molar-refractivity contribution in [2.24, 2.45) is 5.10 Å². The Morgan fingerprint density at radius 2 is 1.74 bits per heavy atom. The molecule has 0 spiro atoms. The molecule has 0 aliphatic heterocycles. The molecule has 0 saturated heterocycles. The van der Waals surface area contributed by atoms with Crippen LogP contribution in [0.25, 0.3) is 0 Å². The van der Waals surface area contributed by atoms with E-state index < -0.39 is 15.9 Å². The molecular formula is C23H21N3O4S. The molecule has 3 rings (SSSR count). The van der Waals surface area contributed by atoms with Gasteiger partial charge in [0.25, 0.3) is 15.9 Å². The smallest absolute Gasteiger partial charge is 0.271 e. The number of benzene rings is 3. The Balaban J connectivity index is 1.59. The predicted octanol–water partition coefficient (Wildman–Crippen LogP) is 3.82. The molecule has 2 N–H and O–H groups in total. The van der Waals surface area contributed by atoms with Crippen LogP contribution in [-0.4, -0.2) is 27.1 Å². The number of nitrogens with zero attached hydrogens (tertiary/aromatic N) is 1. The van der Waals surface area contributed by atoms with Crippen molar-refractivity contribution in [1.82, 2.24) is 5.43 Å². The van der Waals surface area contributed by atoms with Crippen molar-refractivity contribution in [3.63, 3.8) is 0 Å². The molecule has 0 aliphatic rings. The average Bonchev–Trinajstić information content (AvgIpc) is 2.79. The zero-order valence-corrected chi connectivity index (χ0v) is 17.4. The van der Waals surface area contributed by atoms with E-state index in [1.807, 2.05) is 18.2 Å². The van der Waals surface area contributed by atoms with E-state index in [2.05, 4.69) is 21.8 Å². The van der Waals surface area contributed by atoms with Crippen LogP contribution in [0.5, 0.6) is 5.75 Å². The summed E-state index contributed by atoms with van der Waals surface area (Å²) >= 11 is 0. The molecule has 1 amide bonds. The van der Waals surface area contributed by atoms with Gasteiger partial charge in [-0.05, 0) is 54.1 Å². The Hall–Kier alpha value is -3.91. The van der Waals surface area contributed by atoms with Gasteiger partial charge in [-0.2, -0.15) is 5.10 Å². The summed E-state index contributed by atoms with van der Waals surface area (Å²) in [5.41, 5.74) is 3.88. The van der Waals surface area contributed by atoms with Crippen LogP contribution in [0.1, 0.15) is 15.9 Å². The topological polar surface area (TPSA) is 96.9 Å². The normalized spacial score (nSPS) is 11.1. The molecular weight excluding hydrogens is 414 g/mol. The largest absolute Gasteiger partial charge is 0.490 e. The van der Waals surface area contributed by atoms with Gasteiger partial charge in [0.15, 0.2) is 0 Å². The second kappa shape index (κ2) is 10.2. The van der Waals surface area contributed by atoms with Gasteiger partial charge in [0, 0.05) is 11.3 Å². The summed E-state index contributed by atoms with van der Waals surface area (Å²) in [4.78, 5) is 12.4. The summed E-state index contributed by atoms with van der Waals surface area (Å²) in [6.07, 6.45) is 3.15. The van der Waals surface area contributed by atoms with E-state index in [4.69, 9.17) is 4.74 Å². The highest BCUT2D eigenvalue weighted by molar-refractivity contribution is 7.92. The third-order valence-corrected chi connectivity index (χ3v) is 5.46. The minimum atomic E-state index is -3.69. The number of carbonyl (C=O) groups is 1. The van der Waals surface area contributed by atoms with Gasteiger partial charge in [-0.1, -0.05) is 43.0 Å². The van der Waals surface area contributed by atoms with Crippen LogP contribution in [0.15, 0.2) is 102 Å². The van der Waals surface area contributed by atoms with E-state index in [0.717, 1.165) is 5.56 Å². The van der Waals surface area contributed by atoms with Crippen molar-refractivity contribution in [2.45, 2.75) is 4.90 Å². The number of hydrogen-bond acceptors (Lipinski definition) is 5. The molecule has 3 aromatic rings. The zero-order valence-electron chi connectivity index (χ0n) is 16.6. The lowest BCUT2D eigenvalue weighted by atomic mass is 10.2. The maximum atomic E-state index is 12.4. The monoisotopic (exact) mass is 435 g/mol. The minimum Gasteiger partial charge on any atom is -0.490 e. The number of sulfonamides is 1. The third-order valence-electron chi connectivity index (χ3n) is 4.06. The number of nitrogens with one attached hydrogen (secondary N) is 2. The van der Waals surface area contributed by atoms with Gasteiger partial charge in [0.1, 0.15) is 12.4 Å². The van der Waals surface area contributed by atoms with Gasteiger partial charge >= 0.3 is 0 Å². The predicted molar refractivity (Wildman–Crippen MR) is 121 cm³/mol. The first-order valence-electron chi connectivity index (χ1n) is 9.33. The molecule has 158 valence electrons. The Morgan fingerprint density at radius 3 is 2.45 bits per heavy atom. The van der Waals surface area contributed by atoms with Gasteiger partial charge in [-0.25, -0.2) is 13.8 Å². The lowest BCUT2D eigenvalue weighted by Crippen LogP contribution is -2.18. The van der Waals surface area contributed by atoms with E-state index in [1.54, 1.807) is 30.3 Å². The molecule has 0 aliphatic carbocycles. The minimum absolute atomic E-state index is 0.158. The van der Waals surface area contributed by atoms with Crippen molar-refractivity contribution in [1.29, 1.82) is 0 Å². The molecule has 0 fully saturated rings. The first-order chi connectivity index (χ1) is 15.0. The van der Waals surface area contributed by atoms with E-state index >= 15 is 0 Å². The second-order valence-corrected chi connectivity index (χ2v) is 8.05. The summed E-state index contributed by atoms with van der Waals surface area (Å²) in [6, 6.07) is 21.3. The summed E-state index contributed by atoms with van der Waals surface area (Å²) in [6.45, 7) is 4.00. The van der Waals surface area contributed by atoms with Gasteiger partial charge in [0.2, 0.25) is 0 Å². The third kappa shape index (κ3) is 6.28. The van der Waals surface area contributed by atoms with Crippen molar-refractivity contribution < 1.29 is 17.9 Å². The highest BCUT2D eigenvalue weighted by Gasteiger charge is 2.13. The number of hydrogen-bond donors (Lipinski definition) is 2. The molecule has 31 heavy (non-hydrogen) atoms. The highest BCUT2D eigenvalue weighted by atomic mass is 32.2. The van der Waals surface area contributed by atoms with Gasteiger partial charge in [-0.3, -0.25) is 9.52 Å². The summed E-state index contributed by atoms with van der Waals surface area (Å²) < 4.78 is 32.6. The maximum Gasteiger partial charge on any atom is 0.271 e. The summed E-state index contributed by atoms with van der Waals surface area (Å²) in [7, 11) is -3.69. The average molecular weight is 436 g/mol. The second-order valence-electron chi connectivity index (χ2n) is 6.37. The Labute approximate surface area is 181 Å². The van der Waals surface area contributed by atoms with Crippen molar-refractivity contribution >= 4 is 27.8 Å². The van der Waals surface area contributed by atoms with Crippen molar-refractivity contribution in [3.05, 3.63) is 103 Å². The summed E-state index contributed by atoms with van der Waals surface area (Å²) in [5, 5.41) is 3.95. The number of ether oxygens (including phenoxy) is 1. The van der Waals surface area contributed by atoms with E-state index in [9.17, 15) is 13.2 Å². The first kappa shape index (κ1) is 21.8. The number of rotatable bonds is 9. The van der Waals surface area contributed by atoms with Gasteiger partial charge in [-0.15, -0.1) is 0 Å². The number of amides is 1. The van der Waals surface area contributed by atoms with Gasteiger partial charge < -0.3 is 4.74 Å². The molecule has 0 bridgehead atoms. The molecule has 8 heteroatoms. The fraction of sp³-hybridized carbons (Fsp3) is 0.0435. The van der Waals surface area contributed by atoms with Crippen LogP contribution >= 0.6 is 0 Å². The molecule has 0 radical (unpaired) electrons. The van der Waals surface area contributed by atoms with E-state index in [-0.39, 0.29) is 4.90 Å². The number of hydrazone groups is 1. The fourth-order valence-electron chi connectivity index (χ4n) is 2.57. The quantitative estimate of drug-likeness (QED) is 0.303. The van der Waals surface area contributed by atoms with Crippen LogP contribution in [-0.2, 0) is 10.0 Å². The molecule has 3 aromatic carbocycles. The lowest BCUT2D eigenvalue weighted by Gasteiger charge is -2.08. The molecule has 7 nitrogen and oxygen atoms in total. The molecule has 0 atom stereocenters. The van der Waals surface area contributed by atoms with Gasteiger partial charge in [0.05, 0.1) is 11.1 Å². The highest BCUT2D eigenvalue weighted by Crippen LogP contribution is 2.16. The Bertz CT molecular complexity index is 1170. The molecule has 0 unspecified atom stereocenters. The van der Waals surface area contributed by atoms with Crippen LogP contribution in [0, 0.1) is 0 Å². The maximum absolute atomic E-state index is 12.4. The van der Waals surface area contributed by atoms with Crippen LogP contribution in [0.4, 0.5) is 5.69 Å². The van der Waals surface area contributed by atoms with E-state index in [0.29, 0.717) is 23.6 Å². The molecule has 0 heterocycles. The Morgan fingerprint density at radius 1 is 1.00 bits per heavy atom.